The van der Waals surface area contributed by atoms with Crippen molar-refractivity contribution < 1.29 is 9.72 Å². The molecule has 0 spiro atoms. The van der Waals surface area contributed by atoms with Gasteiger partial charge < -0.3 is 4.90 Å². The van der Waals surface area contributed by atoms with E-state index in [0.717, 1.165) is 37.2 Å². The van der Waals surface area contributed by atoms with Crippen LogP contribution in [0.4, 0.5) is 5.69 Å². The second-order valence-corrected chi connectivity index (χ2v) is 6.53. The van der Waals surface area contributed by atoms with E-state index in [-0.39, 0.29) is 22.6 Å². The molecule has 1 heterocycles. The summed E-state index contributed by atoms with van der Waals surface area (Å²) >= 11 is 0. The Labute approximate surface area is 137 Å². The van der Waals surface area contributed by atoms with E-state index in [1.807, 2.05) is 24.9 Å². The average Bonchev–Trinajstić information content (AvgIpc) is 2.95. The van der Waals surface area contributed by atoms with Crippen molar-refractivity contribution in [3.05, 3.63) is 39.4 Å². The number of hydrogen-bond donors (Lipinski definition) is 0. The molecule has 1 aromatic carbocycles. The van der Waals surface area contributed by atoms with Crippen LogP contribution in [0.3, 0.4) is 0 Å². The van der Waals surface area contributed by atoms with E-state index in [4.69, 9.17) is 0 Å². The average molecular weight is 319 g/mol. The minimum absolute atomic E-state index is 0.0984. The third-order valence-corrected chi connectivity index (χ3v) is 4.86. The summed E-state index contributed by atoms with van der Waals surface area (Å²) in [5.41, 5.74) is 2.18. The molecule has 0 N–H and O–H groups in total. The Hall–Kier alpha value is -1.95. The number of rotatable bonds is 5. The van der Waals surface area contributed by atoms with E-state index in [0.29, 0.717) is 5.92 Å². The molecular formula is C17H25N3O3. The Kier molecular flexibility index (Phi) is 5.36. The number of hydrogen-bond acceptors (Lipinski definition) is 4. The summed E-state index contributed by atoms with van der Waals surface area (Å²) in [6.07, 6.45) is 1.02. The van der Waals surface area contributed by atoms with Crippen LogP contribution in [0.2, 0.25) is 0 Å². The van der Waals surface area contributed by atoms with Crippen LogP contribution in [-0.2, 0) is 4.79 Å². The van der Waals surface area contributed by atoms with Gasteiger partial charge in [0.05, 0.1) is 4.92 Å². The van der Waals surface area contributed by atoms with Gasteiger partial charge in [-0.3, -0.25) is 19.8 Å². The van der Waals surface area contributed by atoms with Gasteiger partial charge in [-0.25, -0.2) is 0 Å². The zero-order valence-electron chi connectivity index (χ0n) is 14.3. The maximum Gasteiger partial charge on any atom is 0.269 e. The summed E-state index contributed by atoms with van der Waals surface area (Å²) < 4.78 is 0. The Balaban J connectivity index is 2.05. The van der Waals surface area contributed by atoms with Gasteiger partial charge in [-0.15, -0.1) is 0 Å². The van der Waals surface area contributed by atoms with E-state index >= 15 is 0 Å². The van der Waals surface area contributed by atoms with Gasteiger partial charge in [0.1, 0.15) is 0 Å². The van der Waals surface area contributed by atoms with Crippen molar-refractivity contribution in [3.63, 3.8) is 0 Å². The highest BCUT2D eigenvalue weighted by molar-refractivity contribution is 5.73. The quantitative estimate of drug-likeness (QED) is 0.618. The van der Waals surface area contributed by atoms with Gasteiger partial charge in [-0.1, -0.05) is 6.07 Å². The standard InChI is InChI=1S/C17H25N3O3/c1-12-5-6-16(20(22)23)9-17(12)13(2)18(4)10-15-7-8-19(11-15)14(3)21/h5-6,9,13,15H,7-8,10-11H2,1-4H3. The number of carbonyl (C=O) groups excluding carboxylic acids is 1. The number of likely N-dealkylation sites (tertiary alicyclic amines) is 1. The predicted molar refractivity (Wildman–Crippen MR) is 89.2 cm³/mol. The van der Waals surface area contributed by atoms with E-state index < -0.39 is 0 Å². The topological polar surface area (TPSA) is 66.7 Å². The maximum atomic E-state index is 11.4. The number of amides is 1. The van der Waals surface area contributed by atoms with Gasteiger partial charge in [0.15, 0.2) is 0 Å². The van der Waals surface area contributed by atoms with Crippen LogP contribution >= 0.6 is 0 Å². The van der Waals surface area contributed by atoms with E-state index in [1.54, 1.807) is 19.1 Å². The number of carbonyl (C=O) groups is 1. The van der Waals surface area contributed by atoms with Gasteiger partial charge in [0.25, 0.3) is 5.69 Å². The Morgan fingerprint density at radius 3 is 2.78 bits per heavy atom. The van der Waals surface area contributed by atoms with Crippen molar-refractivity contribution in [2.75, 3.05) is 26.7 Å². The van der Waals surface area contributed by atoms with Crippen molar-refractivity contribution in [1.29, 1.82) is 0 Å². The molecule has 1 aliphatic heterocycles. The molecule has 2 atom stereocenters. The second-order valence-electron chi connectivity index (χ2n) is 6.53. The fourth-order valence-electron chi connectivity index (χ4n) is 3.26. The monoisotopic (exact) mass is 319 g/mol. The van der Waals surface area contributed by atoms with E-state index in [9.17, 15) is 14.9 Å². The molecule has 1 fully saturated rings. The molecule has 1 saturated heterocycles. The van der Waals surface area contributed by atoms with Gasteiger partial charge >= 0.3 is 0 Å². The summed E-state index contributed by atoms with van der Waals surface area (Å²) in [4.78, 5) is 26.2. The minimum Gasteiger partial charge on any atom is -0.343 e. The zero-order valence-corrected chi connectivity index (χ0v) is 14.3. The Morgan fingerprint density at radius 2 is 2.22 bits per heavy atom. The maximum absolute atomic E-state index is 11.4. The first-order valence-corrected chi connectivity index (χ1v) is 8.00. The van der Waals surface area contributed by atoms with Gasteiger partial charge in [-0.05, 0) is 44.4 Å². The SMILES string of the molecule is CC(=O)N1CCC(CN(C)C(C)c2cc([N+](=O)[O-])ccc2C)C1. The van der Waals surface area contributed by atoms with Crippen molar-refractivity contribution in [1.82, 2.24) is 9.80 Å². The lowest BCUT2D eigenvalue weighted by Crippen LogP contribution is -2.32. The lowest BCUT2D eigenvalue weighted by molar-refractivity contribution is -0.385. The molecule has 1 aromatic rings. The van der Waals surface area contributed by atoms with Crippen LogP contribution in [-0.4, -0.2) is 47.3 Å². The van der Waals surface area contributed by atoms with Crippen molar-refractivity contribution in [2.45, 2.75) is 33.2 Å². The van der Waals surface area contributed by atoms with Gasteiger partial charge in [-0.2, -0.15) is 0 Å². The fraction of sp³-hybridized carbons (Fsp3) is 0.588. The summed E-state index contributed by atoms with van der Waals surface area (Å²) in [7, 11) is 2.04. The number of benzene rings is 1. The molecule has 0 saturated carbocycles. The predicted octanol–water partition coefficient (Wildman–Crippen LogP) is 2.76. The summed E-state index contributed by atoms with van der Waals surface area (Å²) in [5, 5.41) is 11.0. The molecule has 126 valence electrons. The van der Waals surface area contributed by atoms with Crippen molar-refractivity contribution in [2.24, 2.45) is 5.92 Å². The normalized spacial score (nSPS) is 19.2. The minimum atomic E-state index is -0.350. The molecule has 6 nitrogen and oxygen atoms in total. The van der Waals surface area contributed by atoms with Crippen LogP contribution in [0.5, 0.6) is 0 Å². The second kappa shape index (κ2) is 7.08. The molecule has 23 heavy (non-hydrogen) atoms. The molecule has 2 rings (SSSR count). The highest BCUT2D eigenvalue weighted by atomic mass is 16.6. The first-order valence-electron chi connectivity index (χ1n) is 8.00. The molecule has 0 aromatic heterocycles. The lowest BCUT2D eigenvalue weighted by atomic mass is 9.99. The number of aryl methyl sites for hydroxylation is 1. The van der Waals surface area contributed by atoms with E-state index in [2.05, 4.69) is 11.8 Å². The molecule has 0 aliphatic carbocycles. The summed E-state index contributed by atoms with van der Waals surface area (Å²) in [6, 6.07) is 5.13. The summed E-state index contributed by atoms with van der Waals surface area (Å²) in [5.74, 6) is 0.600. The molecule has 1 aliphatic rings. The Morgan fingerprint density at radius 1 is 1.52 bits per heavy atom. The van der Waals surface area contributed by atoms with Gasteiger partial charge in [0.2, 0.25) is 5.91 Å². The first kappa shape index (κ1) is 17.4. The molecule has 6 heteroatoms. The Bertz CT molecular complexity index is 603. The number of nitro groups is 1. The van der Waals surface area contributed by atoms with Crippen LogP contribution in [0.25, 0.3) is 0 Å². The van der Waals surface area contributed by atoms with Crippen molar-refractivity contribution in [3.8, 4) is 0 Å². The third kappa shape index (κ3) is 4.07. The smallest absolute Gasteiger partial charge is 0.269 e. The van der Waals surface area contributed by atoms with Crippen LogP contribution < -0.4 is 0 Å². The zero-order chi connectivity index (χ0) is 17.1. The highest BCUT2D eigenvalue weighted by Gasteiger charge is 2.27. The summed E-state index contributed by atoms with van der Waals surface area (Å²) in [6.45, 7) is 8.19. The lowest BCUT2D eigenvalue weighted by Gasteiger charge is -2.28. The number of nitrogens with zero attached hydrogens (tertiary/aromatic N) is 3. The van der Waals surface area contributed by atoms with E-state index in [1.165, 1.54) is 0 Å². The first-order chi connectivity index (χ1) is 10.8. The fourth-order valence-corrected chi connectivity index (χ4v) is 3.26. The van der Waals surface area contributed by atoms with Gasteiger partial charge in [0, 0.05) is 44.7 Å². The van der Waals surface area contributed by atoms with Crippen LogP contribution in [0, 0.1) is 23.0 Å². The van der Waals surface area contributed by atoms with Crippen LogP contribution in [0.1, 0.15) is 37.4 Å². The third-order valence-electron chi connectivity index (χ3n) is 4.86. The number of non-ortho nitro benzene ring substituents is 1. The molecule has 2 unspecified atom stereocenters. The highest BCUT2D eigenvalue weighted by Crippen LogP contribution is 2.28. The van der Waals surface area contributed by atoms with Crippen LogP contribution in [0.15, 0.2) is 18.2 Å². The van der Waals surface area contributed by atoms with Crippen molar-refractivity contribution >= 4 is 11.6 Å². The molecule has 0 radical (unpaired) electrons. The largest absolute Gasteiger partial charge is 0.343 e. The number of nitro benzene ring substituents is 1. The molecule has 0 bridgehead atoms. The molecule has 1 amide bonds. The molecular weight excluding hydrogens is 294 g/mol.